The van der Waals surface area contributed by atoms with Gasteiger partial charge in [-0.05, 0) is 35.9 Å². The van der Waals surface area contributed by atoms with Crippen LogP contribution in [-0.2, 0) is 6.54 Å². The second kappa shape index (κ2) is 6.10. The number of hydrogen-bond acceptors (Lipinski definition) is 1. The summed E-state index contributed by atoms with van der Waals surface area (Å²) in [5, 5.41) is 0.690. The minimum Gasteiger partial charge on any atom is -0.319 e. The Kier molecular flexibility index (Phi) is 3.79. The standard InChI is InChI=1S/C20H14ClFN2/c21-16-9-3-1-7-14(16)13-24-19-12-6-5-11-18(19)23-20(24)15-8-2-4-10-17(15)22/h1-12H,13H2. The Hall–Kier alpha value is -2.65. The predicted octanol–water partition coefficient (Wildman–Crippen LogP) is 5.54. The van der Waals surface area contributed by atoms with E-state index in [4.69, 9.17) is 11.6 Å². The Morgan fingerprint density at radius 1 is 0.875 bits per heavy atom. The zero-order valence-electron chi connectivity index (χ0n) is 12.8. The zero-order chi connectivity index (χ0) is 16.5. The van der Waals surface area contributed by atoms with Crippen molar-refractivity contribution in [3.63, 3.8) is 0 Å². The molecule has 4 rings (SSSR count). The van der Waals surface area contributed by atoms with E-state index in [2.05, 4.69) is 4.98 Å². The summed E-state index contributed by atoms with van der Waals surface area (Å²) in [5.74, 6) is 0.322. The average Bonchev–Trinajstić information content (AvgIpc) is 2.96. The summed E-state index contributed by atoms with van der Waals surface area (Å²) < 4.78 is 16.3. The van der Waals surface area contributed by atoms with Gasteiger partial charge in [-0.25, -0.2) is 9.37 Å². The van der Waals surface area contributed by atoms with Crippen LogP contribution in [0.25, 0.3) is 22.4 Å². The van der Waals surface area contributed by atoms with Crippen LogP contribution in [0.1, 0.15) is 5.56 Å². The molecule has 0 N–H and O–H groups in total. The molecule has 0 unspecified atom stereocenters. The molecule has 0 atom stereocenters. The molecule has 3 aromatic carbocycles. The summed E-state index contributed by atoms with van der Waals surface area (Å²) in [5.41, 5.74) is 3.25. The molecule has 4 aromatic rings. The summed E-state index contributed by atoms with van der Waals surface area (Å²) in [7, 11) is 0. The fraction of sp³-hybridized carbons (Fsp3) is 0.0500. The Morgan fingerprint density at radius 3 is 2.42 bits per heavy atom. The molecule has 118 valence electrons. The van der Waals surface area contributed by atoms with Crippen LogP contribution in [0.3, 0.4) is 0 Å². The van der Waals surface area contributed by atoms with Gasteiger partial charge in [-0.15, -0.1) is 0 Å². The molecule has 4 heteroatoms. The van der Waals surface area contributed by atoms with E-state index in [0.717, 1.165) is 16.6 Å². The Labute approximate surface area is 144 Å². The third-order valence-electron chi connectivity index (χ3n) is 4.06. The van der Waals surface area contributed by atoms with Gasteiger partial charge in [0, 0.05) is 5.02 Å². The van der Waals surface area contributed by atoms with Gasteiger partial charge in [0.15, 0.2) is 0 Å². The first-order chi connectivity index (χ1) is 11.7. The molecule has 0 amide bonds. The minimum atomic E-state index is -0.284. The minimum absolute atomic E-state index is 0.284. The maximum atomic E-state index is 14.3. The van der Waals surface area contributed by atoms with E-state index in [1.807, 2.05) is 59.2 Å². The summed E-state index contributed by atoms with van der Waals surface area (Å²) in [6.07, 6.45) is 0. The maximum absolute atomic E-state index is 14.3. The van der Waals surface area contributed by atoms with Crippen molar-refractivity contribution in [2.24, 2.45) is 0 Å². The molecule has 24 heavy (non-hydrogen) atoms. The van der Waals surface area contributed by atoms with Crippen LogP contribution in [0, 0.1) is 5.82 Å². The van der Waals surface area contributed by atoms with Crippen molar-refractivity contribution in [1.29, 1.82) is 0 Å². The quantitative estimate of drug-likeness (QED) is 0.480. The van der Waals surface area contributed by atoms with Gasteiger partial charge in [-0.2, -0.15) is 0 Å². The zero-order valence-corrected chi connectivity index (χ0v) is 13.5. The summed E-state index contributed by atoms with van der Waals surface area (Å²) in [6, 6.07) is 22.2. The van der Waals surface area contributed by atoms with Gasteiger partial charge < -0.3 is 4.57 Å². The first-order valence-corrected chi connectivity index (χ1v) is 8.05. The van der Waals surface area contributed by atoms with E-state index in [9.17, 15) is 4.39 Å². The first-order valence-electron chi connectivity index (χ1n) is 7.67. The molecule has 2 nitrogen and oxygen atoms in total. The molecule has 0 saturated carbocycles. The highest BCUT2D eigenvalue weighted by atomic mass is 35.5. The van der Waals surface area contributed by atoms with Crippen molar-refractivity contribution in [1.82, 2.24) is 9.55 Å². The fourth-order valence-corrected chi connectivity index (χ4v) is 3.08. The normalized spacial score (nSPS) is 11.1. The largest absolute Gasteiger partial charge is 0.319 e. The number of halogens is 2. The number of nitrogens with zero attached hydrogens (tertiary/aromatic N) is 2. The molecule has 0 aliphatic heterocycles. The van der Waals surface area contributed by atoms with Gasteiger partial charge in [0.05, 0.1) is 23.1 Å². The molecule has 0 saturated heterocycles. The van der Waals surface area contributed by atoms with Crippen LogP contribution in [0.2, 0.25) is 5.02 Å². The molecular weight excluding hydrogens is 323 g/mol. The van der Waals surface area contributed by atoms with Crippen molar-refractivity contribution < 1.29 is 4.39 Å². The van der Waals surface area contributed by atoms with Crippen molar-refractivity contribution in [3.05, 3.63) is 89.2 Å². The number of aromatic nitrogens is 2. The van der Waals surface area contributed by atoms with E-state index in [1.165, 1.54) is 6.07 Å². The van der Waals surface area contributed by atoms with Crippen LogP contribution in [0.15, 0.2) is 72.8 Å². The van der Waals surface area contributed by atoms with Gasteiger partial charge in [0.25, 0.3) is 0 Å². The number of benzene rings is 3. The molecular formula is C20H14ClFN2. The van der Waals surface area contributed by atoms with E-state index < -0.39 is 0 Å². The average molecular weight is 337 g/mol. The maximum Gasteiger partial charge on any atom is 0.144 e. The smallest absolute Gasteiger partial charge is 0.144 e. The lowest BCUT2D eigenvalue weighted by Gasteiger charge is -2.11. The number of hydrogen-bond donors (Lipinski definition) is 0. The number of imidazole rings is 1. The molecule has 0 bridgehead atoms. The van der Waals surface area contributed by atoms with E-state index in [0.29, 0.717) is 23.0 Å². The summed E-state index contributed by atoms with van der Waals surface area (Å²) in [4.78, 5) is 4.65. The molecule has 0 radical (unpaired) electrons. The number of fused-ring (bicyclic) bond motifs is 1. The van der Waals surface area contributed by atoms with Gasteiger partial charge in [-0.1, -0.05) is 54.1 Å². The Morgan fingerprint density at radius 2 is 1.58 bits per heavy atom. The molecule has 0 fully saturated rings. The SMILES string of the molecule is Fc1ccccc1-c1nc2ccccc2n1Cc1ccccc1Cl. The summed E-state index contributed by atoms with van der Waals surface area (Å²) in [6.45, 7) is 0.532. The number of rotatable bonds is 3. The highest BCUT2D eigenvalue weighted by molar-refractivity contribution is 6.31. The van der Waals surface area contributed by atoms with Crippen molar-refractivity contribution in [2.75, 3.05) is 0 Å². The van der Waals surface area contributed by atoms with Gasteiger partial charge in [-0.3, -0.25) is 0 Å². The van der Waals surface area contributed by atoms with Crippen molar-refractivity contribution in [3.8, 4) is 11.4 Å². The first kappa shape index (κ1) is 14.9. The Bertz CT molecular complexity index is 1020. The topological polar surface area (TPSA) is 17.8 Å². The van der Waals surface area contributed by atoms with Gasteiger partial charge in [0.1, 0.15) is 11.6 Å². The van der Waals surface area contributed by atoms with Crippen LogP contribution in [0.5, 0.6) is 0 Å². The lowest BCUT2D eigenvalue weighted by Crippen LogP contribution is -2.03. The highest BCUT2D eigenvalue weighted by Crippen LogP contribution is 2.28. The molecule has 0 aliphatic rings. The Balaban J connectivity index is 1.94. The molecule has 0 aliphatic carbocycles. The van der Waals surface area contributed by atoms with E-state index in [-0.39, 0.29) is 5.82 Å². The summed E-state index contributed by atoms with van der Waals surface area (Å²) >= 11 is 6.31. The molecule has 1 heterocycles. The predicted molar refractivity (Wildman–Crippen MR) is 95.7 cm³/mol. The van der Waals surface area contributed by atoms with Gasteiger partial charge in [0.2, 0.25) is 0 Å². The lowest BCUT2D eigenvalue weighted by molar-refractivity contribution is 0.628. The second-order valence-corrected chi connectivity index (χ2v) is 5.99. The van der Waals surface area contributed by atoms with Crippen LogP contribution in [-0.4, -0.2) is 9.55 Å². The van der Waals surface area contributed by atoms with Gasteiger partial charge >= 0.3 is 0 Å². The second-order valence-electron chi connectivity index (χ2n) is 5.58. The fourth-order valence-electron chi connectivity index (χ4n) is 2.88. The van der Waals surface area contributed by atoms with E-state index >= 15 is 0 Å². The van der Waals surface area contributed by atoms with Crippen molar-refractivity contribution >= 4 is 22.6 Å². The van der Waals surface area contributed by atoms with Crippen molar-refractivity contribution in [2.45, 2.75) is 6.54 Å². The molecule has 0 spiro atoms. The third-order valence-corrected chi connectivity index (χ3v) is 4.42. The molecule has 1 aromatic heterocycles. The van der Waals surface area contributed by atoms with E-state index in [1.54, 1.807) is 12.1 Å². The highest BCUT2D eigenvalue weighted by Gasteiger charge is 2.16. The van der Waals surface area contributed by atoms with Crippen LogP contribution >= 0.6 is 11.6 Å². The van der Waals surface area contributed by atoms with Crippen LogP contribution in [0.4, 0.5) is 4.39 Å². The third kappa shape index (κ3) is 2.57. The monoisotopic (exact) mass is 336 g/mol. The lowest BCUT2D eigenvalue weighted by atomic mass is 10.2. The van der Waals surface area contributed by atoms with Crippen LogP contribution < -0.4 is 0 Å². The number of para-hydroxylation sites is 2.